The van der Waals surface area contributed by atoms with Gasteiger partial charge >= 0.3 is 5.97 Å². The molecule has 2 amide bonds. The monoisotopic (exact) mass is 382 g/mol. The molecule has 2 rings (SSSR count). The molecule has 0 radical (unpaired) electrons. The number of esters is 1. The third kappa shape index (κ3) is 5.98. The highest BCUT2D eigenvalue weighted by Gasteiger charge is 2.16. The minimum atomic E-state index is -0.660. The molecule has 0 spiro atoms. The van der Waals surface area contributed by atoms with Crippen LogP contribution in [-0.4, -0.2) is 45.1 Å². The fraction of sp³-hybridized carbons (Fsp3) is 0.190. The number of hydrogen-bond acceptors (Lipinski definition) is 5. The van der Waals surface area contributed by atoms with E-state index < -0.39 is 18.5 Å². The van der Waals surface area contributed by atoms with Crippen molar-refractivity contribution in [1.29, 1.82) is 0 Å². The summed E-state index contributed by atoms with van der Waals surface area (Å²) in [6.45, 7) is -0.679. The molecule has 0 aliphatic carbocycles. The van der Waals surface area contributed by atoms with Crippen LogP contribution in [0, 0.1) is 0 Å². The molecule has 7 nitrogen and oxygen atoms in total. The van der Waals surface area contributed by atoms with Gasteiger partial charge in [0.25, 0.3) is 5.91 Å². The molecule has 0 bridgehead atoms. The maximum absolute atomic E-state index is 12.7. The highest BCUT2D eigenvalue weighted by molar-refractivity contribution is 6.22. The fourth-order valence-electron chi connectivity index (χ4n) is 2.35. The summed E-state index contributed by atoms with van der Waals surface area (Å²) in [6.07, 6.45) is 1.65. The number of methoxy groups -OCH3 is 1. The Morgan fingerprint density at radius 1 is 0.964 bits per heavy atom. The van der Waals surface area contributed by atoms with Crippen LogP contribution >= 0.6 is 0 Å². The lowest BCUT2D eigenvalue weighted by atomic mass is 10.0. The predicted octanol–water partition coefficient (Wildman–Crippen LogP) is 1.64. The highest BCUT2D eigenvalue weighted by atomic mass is 16.5. The lowest BCUT2D eigenvalue weighted by molar-refractivity contribution is -0.143. The van der Waals surface area contributed by atoms with E-state index in [0.29, 0.717) is 16.9 Å². The molecule has 0 saturated heterocycles. The Bertz CT molecular complexity index is 862. The molecule has 0 aliphatic rings. The second-order valence-corrected chi connectivity index (χ2v) is 5.69. The van der Waals surface area contributed by atoms with Gasteiger partial charge in [-0.15, -0.1) is 0 Å². The summed E-state index contributed by atoms with van der Waals surface area (Å²) >= 11 is 0. The molecular weight excluding hydrogens is 360 g/mol. The molecule has 0 atom stereocenters. The van der Waals surface area contributed by atoms with Gasteiger partial charge in [-0.2, -0.15) is 0 Å². The second-order valence-electron chi connectivity index (χ2n) is 5.69. The Morgan fingerprint density at radius 2 is 1.64 bits per heavy atom. The van der Waals surface area contributed by atoms with Crippen molar-refractivity contribution in [2.24, 2.45) is 0 Å². The predicted molar refractivity (Wildman–Crippen MR) is 105 cm³/mol. The van der Waals surface area contributed by atoms with Gasteiger partial charge in [0, 0.05) is 12.6 Å². The van der Waals surface area contributed by atoms with Crippen LogP contribution in [0.15, 0.2) is 54.6 Å². The zero-order valence-electron chi connectivity index (χ0n) is 15.7. The minimum absolute atomic E-state index is 0.185. The van der Waals surface area contributed by atoms with E-state index in [-0.39, 0.29) is 18.0 Å². The molecule has 2 aromatic carbocycles. The van der Waals surface area contributed by atoms with Crippen LogP contribution in [0.3, 0.4) is 0 Å². The van der Waals surface area contributed by atoms with Crippen LogP contribution in [-0.2, 0) is 19.1 Å². The first-order valence-corrected chi connectivity index (χ1v) is 8.59. The molecule has 0 aliphatic heterocycles. The largest absolute Gasteiger partial charge is 0.496 e. The van der Waals surface area contributed by atoms with Crippen molar-refractivity contribution in [2.75, 3.05) is 27.3 Å². The van der Waals surface area contributed by atoms with Gasteiger partial charge in [-0.3, -0.25) is 9.59 Å². The van der Waals surface area contributed by atoms with Crippen LogP contribution in [0.25, 0.3) is 11.6 Å². The smallest absolute Gasteiger partial charge is 0.339 e. The molecule has 7 heteroatoms. The van der Waals surface area contributed by atoms with E-state index in [1.807, 2.05) is 24.3 Å². The average molecular weight is 382 g/mol. The number of likely N-dealkylation sites (N-methyl/N-ethyl adjacent to an activating group) is 1. The minimum Gasteiger partial charge on any atom is -0.496 e. The second kappa shape index (κ2) is 10.5. The van der Waals surface area contributed by atoms with Gasteiger partial charge in [-0.25, -0.2) is 4.79 Å². The Labute approximate surface area is 163 Å². The third-order valence-electron chi connectivity index (χ3n) is 3.80. The standard InChI is InChI=1S/C21H22N2O5/c1-22-19(24)13-23-20(25)14-28-21(26)17(15-8-4-3-5-9-15)12-16-10-6-7-11-18(16)27-2/h3-12H,13-14H2,1-2H3,(H,22,24)(H,23,25)/b17-12+. The summed E-state index contributed by atoms with van der Waals surface area (Å²) in [5, 5.41) is 4.75. The van der Waals surface area contributed by atoms with Crippen molar-refractivity contribution >= 4 is 29.4 Å². The normalized spacial score (nSPS) is 10.7. The van der Waals surface area contributed by atoms with Gasteiger partial charge < -0.3 is 20.1 Å². The average Bonchev–Trinajstić information content (AvgIpc) is 2.74. The van der Waals surface area contributed by atoms with Crippen molar-refractivity contribution in [3.05, 3.63) is 65.7 Å². The number of para-hydroxylation sites is 1. The molecule has 146 valence electrons. The summed E-state index contributed by atoms with van der Waals surface area (Å²) in [4.78, 5) is 35.6. The number of rotatable bonds is 8. The third-order valence-corrected chi connectivity index (χ3v) is 3.80. The lowest BCUT2D eigenvalue weighted by Crippen LogP contribution is -2.37. The number of benzene rings is 2. The Kier molecular flexibility index (Phi) is 7.77. The van der Waals surface area contributed by atoms with E-state index >= 15 is 0 Å². The van der Waals surface area contributed by atoms with Crippen molar-refractivity contribution in [1.82, 2.24) is 10.6 Å². The molecule has 0 saturated carbocycles. The molecule has 0 heterocycles. The van der Waals surface area contributed by atoms with E-state index in [1.54, 1.807) is 43.5 Å². The summed E-state index contributed by atoms with van der Waals surface area (Å²) in [5.41, 5.74) is 1.62. The molecule has 0 aromatic heterocycles. The number of nitrogens with one attached hydrogen (secondary N) is 2. The SMILES string of the molecule is CNC(=O)CNC(=O)COC(=O)/C(=C/c1ccccc1OC)c1ccccc1. The molecule has 2 aromatic rings. The summed E-state index contributed by atoms with van der Waals surface area (Å²) in [7, 11) is 3.01. The van der Waals surface area contributed by atoms with Crippen LogP contribution in [0.2, 0.25) is 0 Å². The number of ether oxygens (including phenoxy) is 2. The van der Waals surface area contributed by atoms with E-state index in [2.05, 4.69) is 10.6 Å². The first kappa shape index (κ1) is 20.7. The van der Waals surface area contributed by atoms with Crippen LogP contribution in [0.4, 0.5) is 0 Å². The van der Waals surface area contributed by atoms with Crippen molar-refractivity contribution in [2.45, 2.75) is 0 Å². The topological polar surface area (TPSA) is 93.7 Å². The lowest BCUT2D eigenvalue weighted by Gasteiger charge is -2.11. The van der Waals surface area contributed by atoms with Gasteiger partial charge in [0.15, 0.2) is 6.61 Å². The summed E-state index contributed by atoms with van der Waals surface area (Å²) < 4.78 is 10.5. The van der Waals surface area contributed by atoms with Gasteiger partial charge in [-0.1, -0.05) is 48.5 Å². The van der Waals surface area contributed by atoms with Gasteiger partial charge in [0.1, 0.15) is 5.75 Å². The van der Waals surface area contributed by atoms with Crippen molar-refractivity contribution in [3.8, 4) is 5.75 Å². The number of carbonyl (C=O) groups is 3. The zero-order valence-corrected chi connectivity index (χ0v) is 15.7. The molecular formula is C21H22N2O5. The van der Waals surface area contributed by atoms with Crippen molar-refractivity contribution < 1.29 is 23.9 Å². The number of amides is 2. The van der Waals surface area contributed by atoms with E-state index in [1.165, 1.54) is 7.05 Å². The van der Waals surface area contributed by atoms with E-state index in [0.717, 1.165) is 0 Å². The number of carbonyl (C=O) groups excluding carboxylic acids is 3. The molecule has 0 unspecified atom stereocenters. The number of hydrogen-bond donors (Lipinski definition) is 2. The quantitative estimate of drug-likeness (QED) is 0.411. The Balaban J connectivity index is 2.18. The van der Waals surface area contributed by atoms with Crippen LogP contribution in [0.1, 0.15) is 11.1 Å². The molecule has 2 N–H and O–H groups in total. The summed E-state index contributed by atoms with van der Waals surface area (Å²) in [6, 6.07) is 16.2. The van der Waals surface area contributed by atoms with Crippen molar-refractivity contribution in [3.63, 3.8) is 0 Å². The van der Waals surface area contributed by atoms with Crippen LogP contribution in [0.5, 0.6) is 5.75 Å². The molecule has 28 heavy (non-hydrogen) atoms. The maximum Gasteiger partial charge on any atom is 0.339 e. The summed E-state index contributed by atoms with van der Waals surface area (Å²) in [5.74, 6) is -0.971. The van der Waals surface area contributed by atoms with Gasteiger partial charge in [0.2, 0.25) is 5.91 Å². The van der Waals surface area contributed by atoms with E-state index in [4.69, 9.17) is 9.47 Å². The fourth-order valence-corrected chi connectivity index (χ4v) is 2.35. The van der Waals surface area contributed by atoms with Gasteiger partial charge in [-0.05, 0) is 17.7 Å². The van der Waals surface area contributed by atoms with E-state index in [9.17, 15) is 14.4 Å². The zero-order chi connectivity index (χ0) is 20.4. The Hall–Kier alpha value is -3.61. The van der Waals surface area contributed by atoms with Crippen LogP contribution < -0.4 is 15.4 Å². The first-order chi connectivity index (χ1) is 13.5. The first-order valence-electron chi connectivity index (χ1n) is 8.59. The van der Waals surface area contributed by atoms with Gasteiger partial charge in [0.05, 0.1) is 19.2 Å². The maximum atomic E-state index is 12.7. The highest BCUT2D eigenvalue weighted by Crippen LogP contribution is 2.25. The Morgan fingerprint density at radius 3 is 2.32 bits per heavy atom. The molecule has 0 fully saturated rings.